The number of carbonyl (C=O) groups is 3. The van der Waals surface area contributed by atoms with Gasteiger partial charge in [-0.05, 0) is 42.5 Å². The first-order valence-corrected chi connectivity index (χ1v) is 12.5. The van der Waals surface area contributed by atoms with Crippen LogP contribution in [0.15, 0.2) is 46.9 Å². The molecule has 2 aromatic carbocycles. The summed E-state index contributed by atoms with van der Waals surface area (Å²) in [5, 5.41) is 2.79. The Balaban J connectivity index is 1.36. The third kappa shape index (κ3) is 6.87. The van der Waals surface area contributed by atoms with Crippen molar-refractivity contribution in [2.45, 2.75) is 63.8 Å². The minimum atomic E-state index is -0.993. The van der Waals surface area contributed by atoms with E-state index in [2.05, 4.69) is 21.2 Å². The first-order chi connectivity index (χ1) is 16.8. The summed E-state index contributed by atoms with van der Waals surface area (Å²) in [6.07, 6.45) is 3.16. The molecule has 1 aliphatic heterocycles. The maximum absolute atomic E-state index is 14.1. The molecule has 9 heteroatoms. The third-order valence-corrected chi connectivity index (χ3v) is 6.89. The van der Waals surface area contributed by atoms with Crippen LogP contribution in [0.1, 0.15) is 49.7 Å². The van der Waals surface area contributed by atoms with Crippen LogP contribution in [0.25, 0.3) is 0 Å². The van der Waals surface area contributed by atoms with Crippen molar-refractivity contribution in [3.63, 3.8) is 0 Å². The molecular weight excluding hydrogens is 522 g/mol. The Hall–Kier alpha value is -2.81. The van der Waals surface area contributed by atoms with Crippen molar-refractivity contribution < 1.29 is 27.9 Å². The minimum Gasteiger partial charge on any atom is -0.459 e. The van der Waals surface area contributed by atoms with Crippen molar-refractivity contribution in [1.82, 2.24) is 10.2 Å². The van der Waals surface area contributed by atoms with Crippen LogP contribution in [0.4, 0.5) is 8.78 Å². The minimum absolute atomic E-state index is 0.0250. The molecule has 1 saturated heterocycles. The molecule has 0 spiro atoms. The molecule has 1 saturated carbocycles. The van der Waals surface area contributed by atoms with Gasteiger partial charge >= 0.3 is 5.97 Å². The molecule has 2 fully saturated rings. The maximum atomic E-state index is 14.1. The lowest BCUT2D eigenvalue weighted by molar-refractivity contribution is -0.149. The van der Waals surface area contributed by atoms with Gasteiger partial charge in [0, 0.05) is 35.5 Å². The van der Waals surface area contributed by atoms with Crippen LogP contribution in [0, 0.1) is 17.6 Å². The molecule has 0 aromatic heterocycles. The van der Waals surface area contributed by atoms with E-state index in [9.17, 15) is 23.2 Å². The number of halogens is 3. The molecule has 0 unspecified atom stereocenters. The predicted molar refractivity (Wildman–Crippen MR) is 128 cm³/mol. The number of amides is 2. The predicted octanol–water partition coefficient (Wildman–Crippen LogP) is 4.64. The summed E-state index contributed by atoms with van der Waals surface area (Å²) >= 11 is 3.39. The van der Waals surface area contributed by atoms with Crippen LogP contribution in [-0.4, -0.2) is 34.8 Å². The van der Waals surface area contributed by atoms with Crippen LogP contribution < -0.4 is 5.32 Å². The van der Waals surface area contributed by atoms with Crippen molar-refractivity contribution in [3.05, 3.63) is 69.7 Å². The summed E-state index contributed by atoms with van der Waals surface area (Å²) in [5.41, 5.74) is 0.891. The fourth-order valence-electron chi connectivity index (χ4n) is 4.33. The molecule has 0 radical (unpaired) electrons. The van der Waals surface area contributed by atoms with Gasteiger partial charge in [-0.15, -0.1) is 0 Å². The topological polar surface area (TPSA) is 75.7 Å². The molecule has 0 bridgehead atoms. The molecule has 6 nitrogen and oxygen atoms in total. The van der Waals surface area contributed by atoms with Gasteiger partial charge in [0.1, 0.15) is 12.6 Å². The molecule has 2 aromatic rings. The standard InChI is InChI=1S/C26H27BrF2N2O4/c27-19-5-1-3-17(11-19)15-35-26(34)22(12-16-7-8-16)30-23(32)13-20-9-10-24(33)31(20)14-18-4-2-6-21(28)25(18)29/h1-6,11,16,20,22H,7-10,12-15H2,(H,30,32)/t20-,22-/m0/s1. The number of hydrogen-bond acceptors (Lipinski definition) is 4. The monoisotopic (exact) mass is 548 g/mol. The zero-order valence-corrected chi connectivity index (χ0v) is 20.7. The lowest BCUT2D eigenvalue weighted by Crippen LogP contribution is -2.44. The normalized spacial score (nSPS) is 18.4. The Kier molecular flexibility index (Phi) is 8.15. The van der Waals surface area contributed by atoms with Crippen LogP contribution in [0.5, 0.6) is 0 Å². The Morgan fingerprint density at radius 2 is 1.91 bits per heavy atom. The first-order valence-electron chi connectivity index (χ1n) is 11.7. The number of likely N-dealkylation sites (tertiary alicyclic amines) is 1. The van der Waals surface area contributed by atoms with Crippen molar-refractivity contribution in [2.24, 2.45) is 5.92 Å². The highest BCUT2D eigenvalue weighted by Gasteiger charge is 2.35. The molecule has 2 amide bonds. The highest BCUT2D eigenvalue weighted by Crippen LogP contribution is 2.34. The Labute approximate surface area is 211 Å². The fourth-order valence-corrected chi connectivity index (χ4v) is 4.77. The largest absolute Gasteiger partial charge is 0.459 e. The van der Waals surface area contributed by atoms with Gasteiger partial charge in [0.05, 0.1) is 0 Å². The van der Waals surface area contributed by atoms with Gasteiger partial charge in [-0.1, -0.05) is 53.0 Å². The molecule has 2 aliphatic rings. The molecule has 1 aliphatic carbocycles. The second-order valence-electron chi connectivity index (χ2n) is 9.17. The van der Waals surface area contributed by atoms with Gasteiger partial charge in [-0.3, -0.25) is 9.59 Å². The average molecular weight is 549 g/mol. The number of rotatable bonds is 10. The zero-order chi connectivity index (χ0) is 24.9. The smallest absolute Gasteiger partial charge is 0.328 e. The van der Waals surface area contributed by atoms with Crippen LogP contribution >= 0.6 is 15.9 Å². The third-order valence-electron chi connectivity index (χ3n) is 6.40. The molecule has 1 N–H and O–H groups in total. The van der Waals surface area contributed by atoms with Gasteiger partial charge in [0.2, 0.25) is 11.8 Å². The Bertz CT molecular complexity index is 1110. The maximum Gasteiger partial charge on any atom is 0.328 e. The molecular formula is C26H27BrF2N2O4. The van der Waals surface area contributed by atoms with E-state index in [-0.39, 0.29) is 43.4 Å². The zero-order valence-electron chi connectivity index (χ0n) is 19.1. The van der Waals surface area contributed by atoms with E-state index >= 15 is 0 Å². The van der Waals surface area contributed by atoms with E-state index in [1.165, 1.54) is 17.0 Å². The van der Waals surface area contributed by atoms with Crippen molar-refractivity contribution in [3.8, 4) is 0 Å². The number of ether oxygens (including phenoxy) is 1. The van der Waals surface area contributed by atoms with E-state index in [0.29, 0.717) is 18.8 Å². The molecule has 35 heavy (non-hydrogen) atoms. The number of benzene rings is 2. The quantitative estimate of drug-likeness (QED) is 0.439. The van der Waals surface area contributed by atoms with Crippen LogP contribution in [-0.2, 0) is 32.3 Å². The SMILES string of the molecule is O=C(C[C@@H]1CCC(=O)N1Cc1cccc(F)c1F)N[C@@H](CC1CC1)C(=O)OCc1cccc(Br)c1. The second kappa shape index (κ2) is 11.3. The van der Waals surface area contributed by atoms with Crippen molar-refractivity contribution in [2.75, 3.05) is 0 Å². The van der Waals surface area contributed by atoms with E-state index in [4.69, 9.17) is 4.74 Å². The van der Waals surface area contributed by atoms with E-state index < -0.39 is 29.7 Å². The van der Waals surface area contributed by atoms with Crippen LogP contribution in [0.3, 0.4) is 0 Å². The van der Waals surface area contributed by atoms with Gasteiger partial charge in [-0.25, -0.2) is 13.6 Å². The summed E-state index contributed by atoms with van der Waals surface area (Å²) < 4.78 is 34.1. The van der Waals surface area contributed by atoms with Gasteiger partial charge in [0.15, 0.2) is 11.6 Å². The second-order valence-corrected chi connectivity index (χ2v) is 10.1. The van der Waals surface area contributed by atoms with E-state index in [1.807, 2.05) is 24.3 Å². The summed E-state index contributed by atoms with van der Waals surface area (Å²) in [5.74, 6) is -2.68. The van der Waals surface area contributed by atoms with E-state index in [1.54, 1.807) is 0 Å². The van der Waals surface area contributed by atoms with Gasteiger partial charge in [-0.2, -0.15) is 0 Å². The van der Waals surface area contributed by atoms with Crippen LogP contribution in [0.2, 0.25) is 0 Å². The highest BCUT2D eigenvalue weighted by atomic mass is 79.9. The number of hydrogen-bond donors (Lipinski definition) is 1. The number of carbonyl (C=O) groups excluding carboxylic acids is 3. The lowest BCUT2D eigenvalue weighted by Gasteiger charge is -2.26. The Morgan fingerprint density at radius 3 is 2.66 bits per heavy atom. The lowest BCUT2D eigenvalue weighted by atomic mass is 10.1. The van der Waals surface area contributed by atoms with Crippen molar-refractivity contribution in [1.29, 1.82) is 0 Å². The number of esters is 1. The van der Waals surface area contributed by atoms with Gasteiger partial charge < -0.3 is 15.0 Å². The molecule has 186 valence electrons. The summed E-state index contributed by atoms with van der Waals surface area (Å²) in [7, 11) is 0. The van der Waals surface area contributed by atoms with Gasteiger partial charge in [0.25, 0.3) is 0 Å². The summed E-state index contributed by atoms with van der Waals surface area (Å²) in [6.45, 7) is -0.0139. The number of nitrogens with zero attached hydrogens (tertiary/aromatic N) is 1. The number of nitrogens with one attached hydrogen (secondary N) is 1. The van der Waals surface area contributed by atoms with Crippen molar-refractivity contribution >= 4 is 33.7 Å². The molecule has 2 atom stereocenters. The highest BCUT2D eigenvalue weighted by molar-refractivity contribution is 9.10. The fraction of sp³-hybridized carbons (Fsp3) is 0.423. The Morgan fingerprint density at radius 1 is 1.14 bits per heavy atom. The first kappa shape index (κ1) is 25.3. The molecule has 4 rings (SSSR count). The summed E-state index contributed by atoms with van der Waals surface area (Å²) in [4.78, 5) is 39.4. The van der Waals surface area contributed by atoms with E-state index in [0.717, 1.165) is 28.9 Å². The average Bonchev–Trinajstić information content (AvgIpc) is 3.58. The summed E-state index contributed by atoms with van der Waals surface area (Å²) in [6, 6.07) is 10.0. The molecule has 1 heterocycles.